The quantitative estimate of drug-likeness (QED) is 0.751. The van der Waals surface area contributed by atoms with E-state index in [0.717, 1.165) is 24.6 Å². The van der Waals surface area contributed by atoms with Gasteiger partial charge in [-0.1, -0.05) is 18.2 Å². The Bertz CT molecular complexity index is 416. The summed E-state index contributed by atoms with van der Waals surface area (Å²) < 4.78 is 5.09. The lowest BCUT2D eigenvalue weighted by atomic mass is 10.1. The van der Waals surface area contributed by atoms with E-state index >= 15 is 0 Å². The highest BCUT2D eigenvalue weighted by Crippen LogP contribution is 2.27. The summed E-state index contributed by atoms with van der Waals surface area (Å²) in [5.74, 6) is 0.784. The van der Waals surface area contributed by atoms with Crippen molar-refractivity contribution >= 4 is 11.6 Å². The largest absolute Gasteiger partial charge is 0.384 e. The summed E-state index contributed by atoms with van der Waals surface area (Å²) in [5.41, 5.74) is 2.19. The van der Waals surface area contributed by atoms with Gasteiger partial charge in [-0.2, -0.15) is 0 Å². The van der Waals surface area contributed by atoms with Gasteiger partial charge in [0.15, 0.2) is 0 Å². The monoisotopic (exact) mass is 262 g/mol. The van der Waals surface area contributed by atoms with Crippen LogP contribution in [0.5, 0.6) is 0 Å². The molecule has 0 aromatic heterocycles. The lowest BCUT2D eigenvalue weighted by molar-refractivity contribution is -0.119. The molecule has 1 aromatic rings. The molecule has 1 saturated carbocycles. The van der Waals surface area contributed by atoms with Gasteiger partial charge in [-0.3, -0.25) is 4.79 Å². The number of para-hydroxylation sites is 1. The second-order valence-corrected chi connectivity index (χ2v) is 5.00. The Kier molecular flexibility index (Phi) is 5.21. The van der Waals surface area contributed by atoms with Crippen LogP contribution in [-0.4, -0.2) is 32.7 Å². The smallest absolute Gasteiger partial charge is 0.239 e. The first kappa shape index (κ1) is 13.9. The fourth-order valence-electron chi connectivity index (χ4n) is 1.94. The van der Waals surface area contributed by atoms with E-state index in [1.165, 1.54) is 18.4 Å². The van der Waals surface area contributed by atoms with E-state index in [9.17, 15) is 4.79 Å². The van der Waals surface area contributed by atoms with Crippen molar-refractivity contribution in [1.29, 1.82) is 0 Å². The van der Waals surface area contributed by atoms with Crippen LogP contribution in [0.3, 0.4) is 0 Å². The molecule has 1 aromatic carbocycles. The Balaban J connectivity index is 1.78. The second-order valence-electron chi connectivity index (χ2n) is 5.00. The molecule has 1 amide bonds. The van der Waals surface area contributed by atoms with E-state index in [1.807, 2.05) is 18.2 Å². The minimum atomic E-state index is 0.0634. The number of rotatable bonds is 8. The van der Waals surface area contributed by atoms with Crippen molar-refractivity contribution in [2.75, 3.05) is 32.1 Å². The summed E-state index contributed by atoms with van der Waals surface area (Å²) in [6.45, 7) is 1.84. The molecule has 104 valence electrons. The van der Waals surface area contributed by atoms with Gasteiger partial charge in [0, 0.05) is 19.3 Å². The molecule has 4 heteroatoms. The molecule has 0 heterocycles. The maximum absolute atomic E-state index is 11.7. The molecule has 1 aliphatic rings. The first-order valence-electron chi connectivity index (χ1n) is 6.87. The topological polar surface area (TPSA) is 50.4 Å². The van der Waals surface area contributed by atoms with Gasteiger partial charge in [-0.05, 0) is 36.8 Å². The Labute approximate surface area is 114 Å². The van der Waals surface area contributed by atoms with Gasteiger partial charge in [0.2, 0.25) is 5.91 Å². The van der Waals surface area contributed by atoms with Crippen LogP contribution in [0.1, 0.15) is 18.4 Å². The molecular weight excluding hydrogens is 240 g/mol. The summed E-state index contributed by atoms with van der Waals surface area (Å²) >= 11 is 0. The zero-order valence-corrected chi connectivity index (χ0v) is 11.4. The Hall–Kier alpha value is -1.55. The molecule has 2 rings (SSSR count). The molecule has 0 unspecified atom stereocenters. The summed E-state index contributed by atoms with van der Waals surface area (Å²) in [5, 5.41) is 6.15. The number of carbonyl (C=O) groups excluding carboxylic acids is 1. The number of nitrogens with one attached hydrogen (secondary N) is 2. The summed E-state index contributed by atoms with van der Waals surface area (Å²) in [6, 6.07) is 8.03. The maximum atomic E-state index is 11.7. The third kappa shape index (κ3) is 4.91. The standard InChI is InChI=1S/C15H22N2O2/c1-19-9-8-13-4-2-3-5-14(13)16-11-15(18)17-10-12-6-7-12/h2-5,12,16H,6-11H2,1H3,(H,17,18). The van der Waals surface area contributed by atoms with Crippen LogP contribution in [0.15, 0.2) is 24.3 Å². The number of anilines is 1. The molecule has 0 bridgehead atoms. The van der Waals surface area contributed by atoms with E-state index in [1.54, 1.807) is 7.11 Å². The number of carbonyl (C=O) groups is 1. The predicted octanol–water partition coefficient (Wildman–Crippen LogP) is 1.81. The highest BCUT2D eigenvalue weighted by molar-refractivity contribution is 5.80. The number of methoxy groups -OCH3 is 1. The van der Waals surface area contributed by atoms with E-state index in [4.69, 9.17) is 4.74 Å². The number of ether oxygens (including phenoxy) is 1. The molecule has 0 atom stereocenters. The van der Waals surface area contributed by atoms with Gasteiger partial charge in [0.25, 0.3) is 0 Å². The van der Waals surface area contributed by atoms with Gasteiger partial charge < -0.3 is 15.4 Å². The molecular formula is C15H22N2O2. The lowest BCUT2D eigenvalue weighted by Gasteiger charge is -2.11. The van der Waals surface area contributed by atoms with Crippen molar-refractivity contribution in [1.82, 2.24) is 5.32 Å². The SMILES string of the molecule is COCCc1ccccc1NCC(=O)NCC1CC1. The van der Waals surface area contributed by atoms with E-state index < -0.39 is 0 Å². The van der Waals surface area contributed by atoms with Crippen molar-refractivity contribution in [3.8, 4) is 0 Å². The van der Waals surface area contributed by atoms with Crippen molar-refractivity contribution in [2.24, 2.45) is 5.92 Å². The Morgan fingerprint density at radius 2 is 2.16 bits per heavy atom. The lowest BCUT2D eigenvalue weighted by Crippen LogP contribution is -2.31. The average molecular weight is 262 g/mol. The number of hydrogen-bond acceptors (Lipinski definition) is 3. The number of benzene rings is 1. The van der Waals surface area contributed by atoms with Crippen molar-refractivity contribution in [2.45, 2.75) is 19.3 Å². The van der Waals surface area contributed by atoms with Crippen LogP contribution in [0.4, 0.5) is 5.69 Å². The number of amides is 1. The average Bonchev–Trinajstić information content (AvgIpc) is 3.25. The molecule has 19 heavy (non-hydrogen) atoms. The van der Waals surface area contributed by atoms with Gasteiger partial charge in [0.05, 0.1) is 13.2 Å². The first-order valence-corrected chi connectivity index (χ1v) is 6.87. The zero-order valence-electron chi connectivity index (χ0n) is 11.4. The Morgan fingerprint density at radius 3 is 2.89 bits per heavy atom. The fraction of sp³-hybridized carbons (Fsp3) is 0.533. The van der Waals surface area contributed by atoms with Crippen molar-refractivity contribution in [3.05, 3.63) is 29.8 Å². The summed E-state index contributed by atoms with van der Waals surface area (Å²) in [7, 11) is 1.70. The fourth-order valence-corrected chi connectivity index (χ4v) is 1.94. The molecule has 2 N–H and O–H groups in total. The minimum Gasteiger partial charge on any atom is -0.384 e. The van der Waals surface area contributed by atoms with Crippen molar-refractivity contribution in [3.63, 3.8) is 0 Å². The first-order chi connectivity index (χ1) is 9.29. The van der Waals surface area contributed by atoms with Crippen LogP contribution >= 0.6 is 0 Å². The van der Waals surface area contributed by atoms with Crippen LogP contribution in [0.2, 0.25) is 0 Å². The highest BCUT2D eigenvalue weighted by atomic mass is 16.5. The van der Waals surface area contributed by atoms with Gasteiger partial charge in [-0.25, -0.2) is 0 Å². The van der Waals surface area contributed by atoms with Crippen LogP contribution in [0, 0.1) is 5.92 Å². The molecule has 0 aliphatic heterocycles. The molecule has 4 nitrogen and oxygen atoms in total. The normalized spacial score (nSPS) is 14.2. The molecule has 0 radical (unpaired) electrons. The van der Waals surface area contributed by atoms with Crippen LogP contribution in [0.25, 0.3) is 0 Å². The van der Waals surface area contributed by atoms with E-state index in [-0.39, 0.29) is 5.91 Å². The third-order valence-electron chi connectivity index (χ3n) is 3.32. The third-order valence-corrected chi connectivity index (χ3v) is 3.32. The summed E-state index contributed by atoms with van der Waals surface area (Å²) in [4.78, 5) is 11.7. The molecule has 1 fully saturated rings. The highest BCUT2D eigenvalue weighted by Gasteiger charge is 2.21. The van der Waals surface area contributed by atoms with Gasteiger partial charge >= 0.3 is 0 Å². The molecule has 0 saturated heterocycles. The molecule has 0 spiro atoms. The second kappa shape index (κ2) is 7.14. The Morgan fingerprint density at radius 1 is 1.37 bits per heavy atom. The van der Waals surface area contributed by atoms with Gasteiger partial charge in [0.1, 0.15) is 0 Å². The minimum absolute atomic E-state index is 0.0634. The van der Waals surface area contributed by atoms with Crippen molar-refractivity contribution < 1.29 is 9.53 Å². The number of hydrogen-bond donors (Lipinski definition) is 2. The van der Waals surface area contributed by atoms with Gasteiger partial charge in [-0.15, -0.1) is 0 Å². The van der Waals surface area contributed by atoms with Crippen LogP contribution in [-0.2, 0) is 16.0 Å². The molecule has 1 aliphatic carbocycles. The zero-order chi connectivity index (χ0) is 13.5. The maximum Gasteiger partial charge on any atom is 0.239 e. The van der Waals surface area contributed by atoms with E-state index in [0.29, 0.717) is 13.2 Å². The summed E-state index contributed by atoms with van der Waals surface area (Å²) in [6.07, 6.45) is 3.37. The predicted molar refractivity (Wildman–Crippen MR) is 76.2 cm³/mol. The van der Waals surface area contributed by atoms with E-state index in [2.05, 4.69) is 16.7 Å². The van der Waals surface area contributed by atoms with Crippen LogP contribution < -0.4 is 10.6 Å².